The van der Waals surface area contributed by atoms with Crippen LogP contribution in [0.5, 0.6) is 0 Å². The molecule has 4 nitrogen and oxygen atoms in total. The highest BCUT2D eigenvalue weighted by Crippen LogP contribution is 2.34. The van der Waals surface area contributed by atoms with Crippen molar-refractivity contribution in [2.45, 2.75) is 19.8 Å². The van der Waals surface area contributed by atoms with E-state index in [0.717, 1.165) is 29.7 Å². The first-order valence-corrected chi connectivity index (χ1v) is 8.25. The molecule has 0 aliphatic heterocycles. The maximum Gasteiger partial charge on any atom is 0.348 e. The van der Waals surface area contributed by atoms with Gasteiger partial charge in [-0.05, 0) is 18.6 Å². The van der Waals surface area contributed by atoms with Gasteiger partial charge in [0.25, 0.3) is 0 Å². The molecule has 0 amide bonds. The fourth-order valence-corrected chi connectivity index (χ4v) is 3.31. The highest BCUT2D eigenvalue weighted by Gasteiger charge is 2.19. The molecule has 0 radical (unpaired) electrons. The number of benzene rings is 1. The van der Waals surface area contributed by atoms with Gasteiger partial charge >= 0.3 is 5.97 Å². The van der Waals surface area contributed by atoms with Crippen molar-refractivity contribution in [1.82, 2.24) is 9.97 Å². The van der Waals surface area contributed by atoms with E-state index in [-0.39, 0.29) is 4.88 Å². The minimum absolute atomic E-state index is 0.264. The van der Waals surface area contributed by atoms with E-state index in [1.807, 2.05) is 42.5 Å². The second-order valence-corrected chi connectivity index (χ2v) is 6.15. The van der Waals surface area contributed by atoms with E-state index in [1.54, 1.807) is 6.20 Å². The quantitative estimate of drug-likeness (QED) is 0.749. The zero-order valence-corrected chi connectivity index (χ0v) is 13.5. The summed E-state index contributed by atoms with van der Waals surface area (Å²) in [5.41, 5.74) is 3.25. The van der Waals surface area contributed by atoms with Crippen molar-refractivity contribution in [1.29, 1.82) is 0 Å². The largest absolute Gasteiger partial charge is 0.477 e. The van der Waals surface area contributed by atoms with Crippen LogP contribution in [0.1, 0.15) is 28.7 Å². The van der Waals surface area contributed by atoms with E-state index in [1.165, 1.54) is 11.3 Å². The van der Waals surface area contributed by atoms with E-state index in [9.17, 15) is 9.90 Å². The molecule has 1 N–H and O–H groups in total. The number of aryl methyl sites for hydroxylation is 1. The Morgan fingerprint density at radius 3 is 2.65 bits per heavy atom. The zero-order valence-electron chi connectivity index (χ0n) is 12.7. The number of hydrogen-bond acceptors (Lipinski definition) is 4. The Morgan fingerprint density at radius 1 is 1.17 bits per heavy atom. The molecular formula is C18H16N2O2S. The minimum atomic E-state index is -0.949. The summed E-state index contributed by atoms with van der Waals surface area (Å²) in [7, 11) is 0. The lowest BCUT2D eigenvalue weighted by atomic mass is 10.1. The third kappa shape index (κ3) is 3.29. The van der Waals surface area contributed by atoms with Crippen molar-refractivity contribution in [3.8, 4) is 21.8 Å². The Balaban J connectivity index is 2.08. The van der Waals surface area contributed by atoms with Crippen LogP contribution in [-0.2, 0) is 6.42 Å². The predicted molar refractivity (Wildman–Crippen MR) is 91.7 cm³/mol. The molecule has 0 spiro atoms. The molecule has 2 heterocycles. The van der Waals surface area contributed by atoms with Crippen molar-refractivity contribution in [2.24, 2.45) is 0 Å². The molecule has 0 saturated heterocycles. The summed E-state index contributed by atoms with van der Waals surface area (Å²) in [5.74, 6) is -0.949. The van der Waals surface area contributed by atoms with Crippen molar-refractivity contribution < 1.29 is 9.90 Å². The zero-order chi connectivity index (χ0) is 16.2. The number of rotatable bonds is 5. The van der Waals surface area contributed by atoms with E-state index in [4.69, 9.17) is 0 Å². The van der Waals surface area contributed by atoms with Gasteiger partial charge in [-0.2, -0.15) is 0 Å². The third-order valence-corrected chi connectivity index (χ3v) is 4.53. The van der Waals surface area contributed by atoms with E-state index >= 15 is 0 Å². The molecule has 2 aromatic heterocycles. The van der Waals surface area contributed by atoms with Crippen LogP contribution in [-0.4, -0.2) is 21.0 Å². The molecule has 0 bridgehead atoms. The number of thiazole rings is 1. The average Bonchev–Trinajstić information content (AvgIpc) is 3.02. The van der Waals surface area contributed by atoms with Gasteiger partial charge in [0.1, 0.15) is 9.88 Å². The minimum Gasteiger partial charge on any atom is -0.477 e. The number of aromatic nitrogens is 2. The lowest BCUT2D eigenvalue weighted by molar-refractivity contribution is 0.0702. The van der Waals surface area contributed by atoms with Gasteiger partial charge in [0.05, 0.1) is 5.69 Å². The van der Waals surface area contributed by atoms with Crippen molar-refractivity contribution in [3.05, 3.63) is 59.2 Å². The van der Waals surface area contributed by atoms with Gasteiger partial charge in [0.15, 0.2) is 0 Å². The van der Waals surface area contributed by atoms with Crippen LogP contribution < -0.4 is 0 Å². The molecule has 0 fully saturated rings. The summed E-state index contributed by atoms with van der Waals surface area (Å²) in [6.45, 7) is 2.10. The van der Waals surface area contributed by atoms with Gasteiger partial charge in [-0.15, -0.1) is 11.3 Å². The van der Waals surface area contributed by atoms with Crippen molar-refractivity contribution >= 4 is 17.3 Å². The number of carboxylic acids is 1. The lowest BCUT2D eigenvalue weighted by Gasteiger charge is -2.00. The summed E-state index contributed by atoms with van der Waals surface area (Å²) in [5, 5.41) is 10.2. The second kappa shape index (κ2) is 6.71. The fourth-order valence-electron chi connectivity index (χ4n) is 2.38. The molecule has 23 heavy (non-hydrogen) atoms. The highest BCUT2D eigenvalue weighted by molar-refractivity contribution is 7.17. The van der Waals surface area contributed by atoms with Crippen LogP contribution in [0.3, 0.4) is 0 Å². The smallest absolute Gasteiger partial charge is 0.348 e. The Bertz CT molecular complexity index is 828. The van der Waals surface area contributed by atoms with Crippen LogP contribution in [0.15, 0.2) is 48.7 Å². The fraction of sp³-hybridized carbons (Fsp3) is 0.167. The van der Waals surface area contributed by atoms with Gasteiger partial charge in [0, 0.05) is 23.0 Å². The number of aromatic carboxylic acids is 1. The summed E-state index contributed by atoms with van der Waals surface area (Å²) in [6.07, 6.45) is 3.67. The predicted octanol–water partition coefficient (Wildman–Crippen LogP) is 4.52. The van der Waals surface area contributed by atoms with Crippen LogP contribution >= 0.6 is 11.3 Å². The Labute approximate surface area is 138 Å². The second-order valence-electron chi connectivity index (χ2n) is 5.15. The molecule has 0 atom stereocenters. The number of nitrogens with zero attached hydrogens (tertiary/aromatic N) is 2. The molecule has 0 unspecified atom stereocenters. The first-order valence-electron chi connectivity index (χ1n) is 7.44. The molecule has 0 saturated carbocycles. The SMILES string of the molecule is CCCc1cc(-c2nc(-c3ccccc3)c(C(=O)O)s2)ccn1. The Hall–Kier alpha value is -2.53. The van der Waals surface area contributed by atoms with Gasteiger partial charge in [-0.3, -0.25) is 4.98 Å². The molecule has 3 aromatic rings. The Morgan fingerprint density at radius 2 is 1.96 bits per heavy atom. The van der Waals surface area contributed by atoms with Gasteiger partial charge < -0.3 is 5.11 Å². The van der Waals surface area contributed by atoms with Crippen LogP contribution in [0.25, 0.3) is 21.8 Å². The molecule has 116 valence electrons. The average molecular weight is 324 g/mol. The standard InChI is InChI=1S/C18H16N2O2S/c1-2-6-14-11-13(9-10-19-14)17-20-15(16(23-17)18(21)22)12-7-4-3-5-8-12/h3-5,7-11H,2,6H2,1H3,(H,21,22). The maximum atomic E-state index is 11.6. The maximum absolute atomic E-state index is 11.6. The first-order chi connectivity index (χ1) is 11.2. The van der Waals surface area contributed by atoms with Crippen molar-refractivity contribution in [3.63, 3.8) is 0 Å². The molecule has 1 aromatic carbocycles. The molecular weight excluding hydrogens is 308 g/mol. The highest BCUT2D eigenvalue weighted by atomic mass is 32.1. The number of hydrogen-bond donors (Lipinski definition) is 1. The summed E-state index contributed by atoms with van der Waals surface area (Å²) in [6, 6.07) is 13.3. The normalized spacial score (nSPS) is 10.7. The van der Waals surface area contributed by atoms with Crippen LogP contribution in [0, 0.1) is 0 Å². The lowest BCUT2D eigenvalue weighted by Crippen LogP contribution is -1.95. The summed E-state index contributed by atoms with van der Waals surface area (Å²) >= 11 is 1.20. The molecule has 0 aliphatic rings. The molecule has 3 rings (SSSR count). The third-order valence-electron chi connectivity index (χ3n) is 3.44. The number of pyridine rings is 1. The molecule has 5 heteroatoms. The van der Waals surface area contributed by atoms with Crippen molar-refractivity contribution in [2.75, 3.05) is 0 Å². The van der Waals surface area contributed by atoms with E-state index in [2.05, 4.69) is 16.9 Å². The van der Waals surface area contributed by atoms with Gasteiger partial charge in [-0.25, -0.2) is 9.78 Å². The monoisotopic (exact) mass is 324 g/mol. The van der Waals surface area contributed by atoms with E-state index in [0.29, 0.717) is 10.7 Å². The first kappa shape index (κ1) is 15.4. The number of carbonyl (C=O) groups is 1. The summed E-state index contributed by atoms with van der Waals surface area (Å²) < 4.78 is 0. The number of carboxylic acid groups (broad SMARTS) is 1. The van der Waals surface area contributed by atoms with Crippen LogP contribution in [0.4, 0.5) is 0 Å². The topological polar surface area (TPSA) is 63.1 Å². The summed E-state index contributed by atoms with van der Waals surface area (Å²) in [4.78, 5) is 20.8. The Kier molecular flexibility index (Phi) is 4.48. The van der Waals surface area contributed by atoms with Gasteiger partial charge in [0.2, 0.25) is 0 Å². The van der Waals surface area contributed by atoms with Gasteiger partial charge in [-0.1, -0.05) is 43.7 Å². The molecule has 0 aliphatic carbocycles. The van der Waals surface area contributed by atoms with E-state index < -0.39 is 5.97 Å². The van der Waals surface area contributed by atoms with Crippen LogP contribution in [0.2, 0.25) is 0 Å².